The number of hydrogen-bond acceptors (Lipinski definition) is 8. The van der Waals surface area contributed by atoms with Gasteiger partial charge in [-0.25, -0.2) is 18.7 Å². The molecule has 0 aliphatic carbocycles. The van der Waals surface area contributed by atoms with Gasteiger partial charge in [0, 0.05) is 5.38 Å². The van der Waals surface area contributed by atoms with Gasteiger partial charge in [-0.2, -0.15) is 0 Å². The van der Waals surface area contributed by atoms with E-state index >= 15 is 0 Å². The van der Waals surface area contributed by atoms with Gasteiger partial charge in [0.15, 0.2) is 17.4 Å². The summed E-state index contributed by atoms with van der Waals surface area (Å²) < 4.78 is 38.4. The highest BCUT2D eigenvalue weighted by atomic mass is 32.1. The highest BCUT2D eigenvalue weighted by Crippen LogP contribution is 2.31. The summed E-state index contributed by atoms with van der Waals surface area (Å²) in [6.07, 6.45) is 1.64. The highest BCUT2D eigenvalue weighted by Gasteiger charge is 2.19. The lowest BCUT2D eigenvalue weighted by molar-refractivity contribution is 0.288. The van der Waals surface area contributed by atoms with Crippen molar-refractivity contribution in [3.05, 3.63) is 45.9 Å². The first-order valence-electron chi connectivity index (χ1n) is 7.06. The third-order valence-electron chi connectivity index (χ3n) is 3.23. The van der Waals surface area contributed by atoms with Crippen LogP contribution < -0.4 is 15.2 Å². The van der Waals surface area contributed by atoms with Gasteiger partial charge in [-0.3, -0.25) is 0 Å². The van der Waals surface area contributed by atoms with E-state index in [-0.39, 0.29) is 12.4 Å². The van der Waals surface area contributed by atoms with Gasteiger partial charge in [0.25, 0.3) is 5.19 Å². The highest BCUT2D eigenvalue weighted by molar-refractivity contribution is 7.17. The molecule has 11 heteroatoms. The van der Waals surface area contributed by atoms with E-state index in [1.54, 1.807) is 6.20 Å². The van der Waals surface area contributed by atoms with E-state index in [2.05, 4.69) is 15.1 Å². The van der Waals surface area contributed by atoms with E-state index in [0.29, 0.717) is 15.9 Å². The van der Waals surface area contributed by atoms with Gasteiger partial charge >= 0.3 is 0 Å². The maximum Gasteiger partial charge on any atom is 0.273 e. The third kappa shape index (κ3) is 3.58. The first kappa shape index (κ1) is 18.0. The van der Waals surface area contributed by atoms with Crippen molar-refractivity contribution < 1.29 is 23.5 Å². The van der Waals surface area contributed by atoms with Gasteiger partial charge in [0.2, 0.25) is 0 Å². The Morgan fingerprint density at radius 2 is 2.19 bits per heavy atom. The number of methoxy groups -OCH3 is 1. The predicted molar refractivity (Wildman–Crippen MR) is 93.0 cm³/mol. The number of hydrogen-bond donors (Lipinski definition) is 2. The molecule has 0 saturated heterocycles. The summed E-state index contributed by atoms with van der Waals surface area (Å²) >= 11 is 2.66. The van der Waals surface area contributed by atoms with E-state index in [1.807, 2.05) is 5.38 Å². The fraction of sp³-hybridized carbons (Fsp3) is 0.133. The standard InChI is InChI=1S/C15H12F2N4O3S2/c1-23-15-19-4-10(26-15)8-6-25-11(20-8)5-24-9-3-2-7(16)12(13(9)17)14(18)21-22/h2-4,6,22H,5H2,1H3,(H2,18,21). The number of benzene rings is 1. The number of amidine groups is 1. The molecule has 0 unspecified atom stereocenters. The maximum absolute atomic E-state index is 14.3. The molecule has 3 N–H and O–H groups in total. The molecule has 7 nitrogen and oxygen atoms in total. The number of ether oxygens (including phenoxy) is 2. The van der Waals surface area contributed by atoms with Gasteiger partial charge in [0.1, 0.15) is 17.4 Å². The van der Waals surface area contributed by atoms with Crippen LogP contribution in [0.4, 0.5) is 8.78 Å². The second kappa shape index (κ2) is 7.62. The monoisotopic (exact) mass is 398 g/mol. The third-order valence-corrected chi connectivity index (χ3v) is 5.04. The van der Waals surface area contributed by atoms with E-state index in [4.69, 9.17) is 20.4 Å². The van der Waals surface area contributed by atoms with E-state index < -0.39 is 23.0 Å². The summed E-state index contributed by atoms with van der Waals surface area (Å²) in [5.74, 6) is -2.92. The fourth-order valence-corrected chi connectivity index (χ4v) is 3.50. The van der Waals surface area contributed by atoms with Crippen LogP contribution in [0.25, 0.3) is 10.6 Å². The van der Waals surface area contributed by atoms with Crippen molar-refractivity contribution >= 4 is 28.5 Å². The Bertz CT molecular complexity index is 958. The van der Waals surface area contributed by atoms with Crippen molar-refractivity contribution in [3.8, 4) is 21.5 Å². The van der Waals surface area contributed by atoms with Crippen LogP contribution in [-0.2, 0) is 6.61 Å². The smallest absolute Gasteiger partial charge is 0.273 e. The lowest BCUT2D eigenvalue weighted by Gasteiger charge is -2.09. The molecule has 26 heavy (non-hydrogen) atoms. The molecular weight excluding hydrogens is 386 g/mol. The largest absolute Gasteiger partial charge is 0.483 e. The van der Waals surface area contributed by atoms with Crippen LogP contribution in [0.5, 0.6) is 10.9 Å². The maximum atomic E-state index is 14.3. The SMILES string of the molecule is COc1ncc(-c2csc(COc3ccc(F)c(C(N)=NO)c3F)n2)s1. The lowest BCUT2D eigenvalue weighted by Crippen LogP contribution is -2.18. The van der Waals surface area contributed by atoms with Gasteiger partial charge in [0.05, 0.1) is 29.4 Å². The number of aromatic nitrogens is 2. The molecule has 2 aromatic heterocycles. The van der Waals surface area contributed by atoms with E-state index in [0.717, 1.165) is 17.0 Å². The van der Waals surface area contributed by atoms with Crippen molar-refractivity contribution in [2.75, 3.05) is 7.11 Å². The summed E-state index contributed by atoms with van der Waals surface area (Å²) in [7, 11) is 1.53. The Morgan fingerprint density at radius 1 is 1.38 bits per heavy atom. The molecule has 3 aromatic rings. The zero-order chi connectivity index (χ0) is 18.7. The van der Waals surface area contributed by atoms with Gasteiger partial charge in [-0.05, 0) is 12.1 Å². The summed E-state index contributed by atoms with van der Waals surface area (Å²) in [4.78, 5) is 9.28. The number of halogens is 2. The Kier molecular flexibility index (Phi) is 5.28. The van der Waals surface area contributed by atoms with Crippen LogP contribution in [0.3, 0.4) is 0 Å². The normalized spacial score (nSPS) is 11.6. The average Bonchev–Trinajstić information content (AvgIpc) is 3.29. The second-order valence-electron chi connectivity index (χ2n) is 4.83. The summed E-state index contributed by atoms with van der Waals surface area (Å²) in [5.41, 5.74) is 5.34. The van der Waals surface area contributed by atoms with Crippen LogP contribution in [-0.4, -0.2) is 28.1 Å². The van der Waals surface area contributed by atoms with Crippen LogP contribution in [0.2, 0.25) is 0 Å². The van der Waals surface area contributed by atoms with Crippen molar-refractivity contribution in [1.82, 2.24) is 9.97 Å². The van der Waals surface area contributed by atoms with Crippen molar-refractivity contribution in [2.45, 2.75) is 6.61 Å². The van der Waals surface area contributed by atoms with Crippen LogP contribution in [0.1, 0.15) is 10.6 Å². The van der Waals surface area contributed by atoms with Crippen molar-refractivity contribution in [1.29, 1.82) is 0 Å². The van der Waals surface area contributed by atoms with Crippen LogP contribution >= 0.6 is 22.7 Å². The van der Waals surface area contributed by atoms with E-state index in [9.17, 15) is 8.78 Å². The summed E-state index contributed by atoms with van der Waals surface area (Å²) in [5, 5.41) is 14.2. The second-order valence-corrected chi connectivity index (χ2v) is 6.77. The molecule has 3 rings (SSSR count). The van der Waals surface area contributed by atoms with Crippen molar-refractivity contribution in [3.63, 3.8) is 0 Å². The quantitative estimate of drug-likeness (QED) is 0.286. The Hall–Kier alpha value is -2.79. The number of oxime groups is 1. The van der Waals surface area contributed by atoms with Gasteiger partial charge in [-0.1, -0.05) is 16.5 Å². The zero-order valence-corrected chi connectivity index (χ0v) is 14.9. The fourth-order valence-electron chi connectivity index (χ4n) is 2.03. The summed E-state index contributed by atoms with van der Waals surface area (Å²) in [6.45, 7) is -0.0290. The first-order chi connectivity index (χ1) is 12.5. The average molecular weight is 398 g/mol. The molecule has 136 valence electrons. The minimum atomic E-state index is -1.05. The van der Waals surface area contributed by atoms with Crippen molar-refractivity contribution in [2.24, 2.45) is 10.9 Å². The molecule has 2 heterocycles. The molecule has 0 amide bonds. The zero-order valence-electron chi connectivity index (χ0n) is 13.3. The van der Waals surface area contributed by atoms with Gasteiger partial charge in [-0.15, -0.1) is 11.3 Å². The Balaban J connectivity index is 1.76. The van der Waals surface area contributed by atoms with E-state index in [1.165, 1.54) is 29.8 Å². The Labute approximate surface area is 154 Å². The molecule has 1 aromatic carbocycles. The molecule has 0 atom stereocenters. The molecule has 0 bridgehead atoms. The minimum Gasteiger partial charge on any atom is -0.483 e. The van der Waals surface area contributed by atoms with Crippen LogP contribution in [0, 0.1) is 11.6 Å². The Morgan fingerprint density at radius 3 is 2.88 bits per heavy atom. The molecular formula is C15H12F2N4O3S2. The molecule has 0 spiro atoms. The number of nitrogens with two attached hydrogens (primary N) is 1. The number of thiazole rings is 2. The number of rotatable bonds is 6. The molecule has 0 radical (unpaired) electrons. The molecule has 0 saturated carbocycles. The summed E-state index contributed by atoms with van der Waals surface area (Å²) in [6, 6.07) is 2.10. The lowest BCUT2D eigenvalue weighted by atomic mass is 10.1. The molecule has 0 aliphatic rings. The minimum absolute atomic E-state index is 0.0290. The first-order valence-corrected chi connectivity index (χ1v) is 8.76. The predicted octanol–water partition coefficient (Wildman–Crippen LogP) is 3.23. The molecule has 0 aliphatic heterocycles. The number of nitrogens with zero attached hydrogens (tertiary/aromatic N) is 3. The topological polar surface area (TPSA) is 103 Å². The van der Waals surface area contributed by atoms with Gasteiger partial charge < -0.3 is 20.4 Å². The molecule has 0 fully saturated rings. The van der Waals surface area contributed by atoms with Crippen LogP contribution in [0.15, 0.2) is 28.9 Å².